The van der Waals surface area contributed by atoms with Gasteiger partial charge < -0.3 is 14.8 Å². The van der Waals surface area contributed by atoms with Crippen LogP contribution in [0.1, 0.15) is 11.1 Å². The fourth-order valence-electron chi connectivity index (χ4n) is 2.01. The van der Waals surface area contributed by atoms with E-state index in [1.807, 2.05) is 25.1 Å². The second-order valence-electron chi connectivity index (χ2n) is 4.52. The molecule has 5 heteroatoms. The standard InChI is InChI=1S/C16H17F2NO2/c1-11-9-13(20-2)7-8-14(11)19-10-12-5-3-4-6-15(12)21-16(17)18/h3-9,16,19H,10H2,1-2H3. The van der Waals surface area contributed by atoms with Gasteiger partial charge in [0.25, 0.3) is 0 Å². The first-order valence-electron chi connectivity index (χ1n) is 6.51. The molecule has 0 saturated carbocycles. The van der Waals surface area contributed by atoms with E-state index in [4.69, 9.17) is 4.74 Å². The Morgan fingerprint density at radius 1 is 1.14 bits per heavy atom. The van der Waals surface area contributed by atoms with Gasteiger partial charge in [0.05, 0.1) is 7.11 Å². The number of para-hydroxylation sites is 1. The number of alkyl halides is 2. The molecule has 0 atom stereocenters. The lowest BCUT2D eigenvalue weighted by atomic mass is 10.1. The molecule has 2 aromatic rings. The molecule has 3 nitrogen and oxygen atoms in total. The molecule has 21 heavy (non-hydrogen) atoms. The molecule has 0 aliphatic carbocycles. The Kier molecular flexibility index (Phi) is 4.98. The largest absolute Gasteiger partial charge is 0.497 e. The molecule has 1 N–H and O–H groups in total. The topological polar surface area (TPSA) is 30.5 Å². The third-order valence-electron chi connectivity index (χ3n) is 3.09. The number of aryl methyl sites for hydroxylation is 1. The Morgan fingerprint density at radius 3 is 2.57 bits per heavy atom. The van der Waals surface area contributed by atoms with Gasteiger partial charge in [0, 0.05) is 17.8 Å². The highest BCUT2D eigenvalue weighted by atomic mass is 19.3. The van der Waals surface area contributed by atoms with Gasteiger partial charge in [-0.2, -0.15) is 8.78 Å². The number of hydrogen-bond acceptors (Lipinski definition) is 3. The summed E-state index contributed by atoms with van der Waals surface area (Å²) in [6, 6.07) is 12.4. The first-order chi connectivity index (χ1) is 10.1. The Morgan fingerprint density at radius 2 is 1.90 bits per heavy atom. The maximum Gasteiger partial charge on any atom is 0.387 e. The van der Waals surface area contributed by atoms with Crippen molar-refractivity contribution in [2.75, 3.05) is 12.4 Å². The number of nitrogens with one attached hydrogen (secondary N) is 1. The van der Waals surface area contributed by atoms with Gasteiger partial charge in [-0.05, 0) is 36.8 Å². The Balaban J connectivity index is 2.09. The van der Waals surface area contributed by atoms with Crippen molar-refractivity contribution in [3.05, 3.63) is 53.6 Å². The molecule has 0 spiro atoms. The first-order valence-corrected chi connectivity index (χ1v) is 6.51. The summed E-state index contributed by atoms with van der Waals surface area (Å²) < 4.78 is 34.4. The summed E-state index contributed by atoms with van der Waals surface area (Å²) in [7, 11) is 1.61. The van der Waals surface area contributed by atoms with Crippen molar-refractivity contribution in [3.8, 4) is 11.5 Å². The molecule has 2 rings (SSSR count). The molecule has 2 aromatic carbocycles. The highest BCUT2D eigenvalue weighted by Gasteiger charge is 2.09. The molecule has 0 radical (unpaired) electrons. The zero-order chi connectivity index (χ0) is 15.2. The summed E-state index contributed by atoms with van der Waals surface area (Å²) in [5.74, 6) is 0.964. The lowest BCUT2D eigenvalue weighted by molar-refractivity contribution is -0.0504. The van der Waals surface area contributed by atoms with Crippen LogP contribution in [0.25, 0.3) is 0 Å². The lowest BCUT2D eigenvalue weighted by Gasteiger charge is -2.14. The molecule has 0 aliphatic rings. The van der Waals surface area contributed by atoms with Crippen molar-refractivity contribution >= 4 is 5.69 Å². The number of halogens is 2. The summed E-state index contributed by atoms with van der Waals surface area (Å²) >= 11 is 0. The van der Waals surface area contributed by atoms with Crippen LogP contribution in [0.3, 0.4) is 0 Å². The molecule has 0 amide bonds. The normalized spacial score (nSPS) is 10.5. The van der Waals surface area contributed by atoms with Crippen molar-refractivity contribution in [3.63, 3.8) is 0 Å². The van der Waals surface area contributed by atoms with Crippen LogP contribution in [-0.2, 0) is 6.54 Å². The molecule has 112 valence electrons. The number of ether oxygens (including phenoxy) is 2. The van der Waals surface area contributed by atoms with Crippen LogP contribution in [0.4, 0.5) is 14.5 Å². The van der Waals surface area contributed by atoms with E-state index in [1.54, 1.807) is 25.3 Å². The van der Waals surface area contributed by atoms with Crippen molar-refractivity contribution in [2.24, 2.45) is 0 Å². The van der Waals surface area contributed by atoms with Crippen molar-refractivity contribution < 1.29 is 18.3 Å². The monoisotopic (exact) mass is 293 g/mol. The van der Waals surface area contributed by atoms with Crippen LogP contribution in [-0.4, -0.2) is 13.7 Å². The molecule has 0 fully saturated rings. The average molecular weight is 293 g/mol. The summed E-state index contributed by atoms with van der Waals surface area (Å²) in [5, 5.41) is 3.21. The van der Waals surface area contributed by atoms with Gasteiger partial charge >= 0.3 is 6.61 Å². The van der Waals surface area contributed by atoms with Crippen LogP contribution in [0.5, 0.6) is 11.5 Å². The van der Waals surface area contributed by atoms with E-state index in [2.05, 4.69) is 10.1 Å². The van der Waals surface area contributed by atoms with E-state index in [1.165, 1.54) is 6.07 Å². The SMILES string of the molecule is COc1ccc(NCc2ccccc2OC(F)F)c(C)c1. The van der Waals surface area contributed by atoms with Crippen molar-refractivity contribution in [1.29, 1.82) is 0 Å². The predicted octanol–water partition coefficient (Wildman–Crippen LogP) is 4.22. The van der Waals surface area contributed by atoms with Crippen LogP contribution < -0.4 is 14.8 Å². The van der Waals surface area contributed by atoms with E-state index in [-0.39, 0.29) is 5.75 Å². The summed E-state index contributed by atoms with van der Waals surface area (Å²) in [6.07, 6.45) is 0. The zero-order valence-electron chi connectivity index (χ0n) is 11.9. The highest BCUT2D eigenvalue weighted by Crippen LogP contribution is 2.24. The molecule has 0 bridgehead atoms. The van der Waals surface area contributed by atoms with Gasteiger partial charge in [0.15, 0.2) is 0 Å². The molecular weight excluding hydrogens is 276 g/mol. The van der Waals surface area contributed by atoms with E-state index in [9.17, 15) is 8.78 Å². The molecule has 0 aromatic heterocycles. The zero-order valence-corrected chi connectivity index (χ0v) is 11.9. The van der Waals surface area contributed by atoms with E-state index in [0.717, 1.165) is 17.0 Å². The van der Waals surface area contributed by atoms with Crippen LogP contribution in [0, 0.1) is 6.92 Å². The number of hydrogen-bond donors (Lipinski definition) is 1. The van der Waals surface area contributed by atoms with Gasteiger partial charge in [-0.1, -0.05) is 18.2 Å². The Hall–Kier alpha value is -2.30. The lowest BCUT2D eigenvalue weighted by Crippen LogP contribution is -2.07. The smallest absolute Gasteiger partial charge is 0.387 e. The Bertz CT molecular complexity index is 603. The third kappa shape index (κ3) is 4.08. The van der Waals surface area contributed by atoms with Crippen molar-refractivity contribution in [2.45, 2.75) is 20.1 Å². The fourth-order valence-corrected chi connectivity index (χ4v) is 2.01. The molecule has 0 heterocycles. The Labute approximate surface area is 122 Å². The van der Waals surface area contributed by atoms with Gasteiger partial charge in [0.1, 0.15) is 11.5 Å². The van der Waals surface area contributed by atoms with Crippen molar-refractivity contribution in [1.82, 2.24) is 0 Å². The molecule has 0 aliphatic heterocycles. The van der Waals surface area contributed by atoms with Crippen LogP contribution in [0.2, 0.25) is 0 Å². The van der Waals surface area contributed by atoms with Crippen LogP contribution in [0.15, 0.2) is 42.5 Å². The van der Waals surface area contributed by atoms with Gasteiger partial charge in [0.2, 0.25) is 0 Å². The minimum atomic E-state index is -2.83. The molecule has 0 unspecified atom stereocenters. The molecular formula is C16H17F2NO2. The third-order valence-corrected chi connectivity index (χ3v) is 3.09. The summed E-state index contributed by atoms with van der Waals surface area (Å²) in [4.78, 5) is 0. The van der Waals surface area contributed by atoms with Gasteiger partial charge in [-0.3, -0.25) is 0 Å². The summed E-state index contributed by atoms with van der Waals surface area (Å²) in [6.45, 7) is -0.475. The second kappa shape index (κ2) is 6.92. The second-order valence-corrected chi connectivity index (χ2v) is 4.52. The number of benzene rings is 2. The number of anilines is 1. The maximum atomic E-state index is 12.4. The number of rotatable bonds is 6. The van der Waals surface area contributed by atoms with E-state index < -0.39 is 6.61 Å². The quantitative estimate of drug-likeness (QED) is 0.865. The highest BCUT2D eigenvalue weighted by molar-refractivity contribution is 5.54. The maximum absolute atomic E-state index is 12.4. The molecule has 0 saturated heterocycles. The van der Waals surface area contributed by atoms with Gasteiger partial charge in [-0.25, -0.2) is 0 Å². The minimum Gasteiger partial charge on any atom is -0.497 e. The van der Waals surface area contributed by atoms with E-state index in [0.29, 0.717) is 12.1 Å². The van der Waals surface area contributed by atoms with Crippen LogP contribution >= 0.6 is 0 Å². The minimum absolute atomic E-state index is 0.186. The average Bonchev–Trinajstić information content (AvgIpc) is 2.46. The van der Waals surface area contributed by atoms with Gasteiger partial charge in [-0.15, -0.1) is 0 Å². The predicted molar refractivity (Wildman–Crippen MR) is 78.1 cm³/mol. The number of methoxy groups -OCH3 is 1. The fraction of sp³-hybridized carbons (Fsp3) is 0.250. The van der Waals surface area contributed by atoms with E-state index >= 15 is 0 Å². The first kappa shape index (κ1) is 15.1. The summed E-state index contributed by atoms with van der Waals surface area (Å²) in [5.41, 5.74) is 2.61.